The molecule has 19 heavy (non-hydrogen) atoms. The molecule has 0 aliphatic rings. The van der Waals surface area contributed by atoms with Crippen molar-refractivity contribution in [3.8, 4) is 0 Å². The number of rotatable bonds is 5. The zero-order valence-electron chi connectivity index (χ0n) is 10.7. The summed E-state index contributed by atoms with van der Waals surface area (Å²) in [5.41, 5.74) is 1.58. The van der Waals surface area contributed by atoms with Crippen LogP contribution in [0.25, 0.3) is 0 Å². The lowest BCUT2D eigenvalue weighted by Crippen LogP contribution is -2.41. The lowest BCUT2D eigenvalue weighted by molar-refractivity contribution is -0.191. The van der Waals surface area contributed by atoms with E-state index in [1.807, 2.05) is 6.92 Å². The van der Waals surface area contributed by atoms with Crippen LogP contribution < -0.4 is 4.90 Å². The number of hydrogen-bond donors (Lipinski definition) is 1. The number of carbonyl (C=O) groups is 1. The molecule has 0 aliphatic heterocycles. The summed E-state index contributed by atoms with van der Waals surface area (Å²) in [5, 5.41) is 8.70. The number of aliphatic carboxylic acids is 1. The predicted octanol–water partition coefficient (Wildman–Crippen LogP) is 3.08. The Morgan fingerprint density at radius 2 is 1.84 bits per heavy atom. The van der Waals surface area contributed by atoms with E-state index >= 15 is 0 Å². The molecular formula is C13H16F3NO2. The average molecular weight is 275 g/mol. The highest BCUT2D eigenvalue weighted by Crippen LogP contribution is 2.28. The topological polar surface area (TPSA) is 40.5 Å². The molecule has 1 N–H and O–H groups in total. The van der Waals surface area contributed by atoms with Gasteiger partial charge in [-0.25, -0.2) is 0 Å². The minimum atomic E-state index is -4.75. The Hall–Kier alpha value is -1.72. The highest BCUT2D eigenvalue weighted by molar-refractivity contribution is 5.72. The molecule has 0 spiro atoms. The molecule has 0 bridgehead atoms. The molecule has 0 amide bonds. The second-order valence-electron chi connectivity index (χ2n) is 4.31. The second-order valence-corrected chi connectivity index (χ2v) is 4.31. The average Bonchev–Trinajstić information content (AvgIpc) is 2.30. The first kappa shape index (κ1) is 15.3. The second kappa shape index (κ2) is 5.95. The number of nitrogens with zero attached hydrogens (tertiary/aromatic N) is 1. The van der Waals surface area contributed by atoms with E-state index in [0.29, 0.717) is 12.2 Å². The number of hydrogen-bond acceptors (Lipinski definition) is 2. The van der Waals surface area contributed by atoms with E-state index in [4.69, 9.17) is 5.11 Å². The van der Waals surface area contributed by atoms with Gasteiger partial charge in [-0.3, -0.25) is 4.79 Å². The Labute approximate surface area is 109 Å². The van der Waals surface area contributed by atoms with E-state index in [1.165, 1.54) is 4.90 Å². The first-order chi connectivity index (χ1) is 8.75. The van der Waals surface area contributed by atoms with Crippen molar-refractivity contribution in [2.45, 2.75) is 20.0 Å². The molecule has 0 heterocycles. The fourth-order valence-corrected chi connectivity index (χ4v) is 1.71. The minimum Gasteiger partial charge on any atom is -0.481 e. The number of halogens is 3. The van der Waals surface area contributed by atoms with Crippen LogP contribution in [0.2, 0.25) is 0 Å². The van der Waals surface area contributed by atoms with Gasteiger partial charge in [0.15, 0.2) is 5.92 Å². The van der Waals surface area contributed by atoms with Crippen molar-refractivity contribution in [1.82, 2.24) is 0 Å². The van der Waals surface area contributed by atoms with Crippen LogP contribution in [0.3, 0.4) is 0 Å². The Morgan fingerprint density at radius 1 is 1.32 bits per heavy atom. The van der Waals surface area contributed by atoms with E-state index < -0.39 is 24.6 Å². The number of carboxylic acids is 1. The molecule has 0 saturated carbocycles. The van der Waals surface area contributed by atoms with Gasteiger partial charge in [0, 0.05) is 18.8 Å². The summed E-state index contributed by atoms with van der Waals surface area (Å²) in [7, 11) is 0. The minimum absolute atomic E-state index is 0.308. The number of aryl methyl sites for hydroxylation is 1. The van der Waals surface area contributed by atoms with Crippen molar-refractivity contribution in [3.63, 3.8) is 0 Å². The molecule has 0 radical (unpaired) electrons. The first-order valence-corrected chi connectivity index (χ1v) is 5.86. The molecule has 1 aromatic rings. The molecule has 1 rings (SSSR count). The molecule has 1 aromatic carbocycles. The molecule has 1 unspecified atom stereocenters. The lowest BCUT2D eigenvalue weighted by Gasteiger charge is -2.27. The quantitative estimate of drug-likeness (QED) is 0.897. The molecule has 106 valence electrons. The third-order valence-electron chi connectivity index (χ3n) is 2.88. The SMILES string of the molecule is CCN(CC(C(=O)O)C(F)(F)F)c1ccc(C)cc1. The monoisotopic (exact) mass is 275 g/mol. The third-order valence-corrected chi connectivity index (χ3v) is 2.88. The Balaban J connectivity index is 2.92. The zero-order chi connectivity index (χ0) is 14.6. The van der Waals surface area contributed by atoms with Gasteiger partial charge in [-0.1, -0.05) is 17.7 Å². The molecule has 1 atom stereocenters. The van der Waals surface area contributed by atoms with E-state index in [-0.39, 0.29) is 0 Å². The molecule has 0 saturated heterocycles. The molecule has 0 aliphatic carbocycles. The van der Waals surface area contributed by atoms with E-state index in [0.717, 1.165) is 5.56 Å². The van der Waals surface area contributed by atoms with Gasteiger partial charge < -0.3 is 10.0 Å². The fourth-order valence-electron chi connectivity index (χ4n) is 1.71. The number of benzene rings is 1. The van der Waals surface area contributed by atoms with Gasteiger partial charge >= 0.3 is 12.1 Å². The Morgan fingerprint density at radius 3 is 2.21 bits per heavy atom. The Kier molecular flexibility index (Phi) is 4.80. The lowest BCUT2D eigenvalue weighted by atomic mass is 10.1. The molecule has 6 heteroatoms. The van der Waals surface area contributed by atoms with Crippen molar-refractivity contribution < 1.29 is 23.1 Å². The largest absolute Gasteiger partial charge is 0.481 e. The summed E-state index contributed by atoms with van der Waals surface area (Å²) in [6.45, 7) is 3.28. The smallest absolute Gasteiger partial charge is 0.403 e. The first-order valence-electron chi connectivity index (χ1n) is 5.86. The maximum Gasteiger partial charge on any atom is 0.403 e. The van der Waals surface area contributed by atoms with Crippen LogP contribution in [-0.4, -0.2) is 30.3 Å². The van der Waals surface area contributed by atoms with Crippen molar-refractivity contribution in [3.05, 3.63) is 29.8 Å². The van der Waals surface area contributed by atoms with Gasteiger partial charge in [0.25, 0.3) is 0 Å². The van der Waals surface area contributed by atoms with Gasteiger partial charge in [-0.2, -0.15) is 13.2 Å². The van der Waals surface area contributed by atoms with Gasteiger partial charge in [0.1, 0.15) is 0 Å². The standard InChI is InChI=1S/C13H16F3NO2/c1-3-17(10-6-4-9(2)5-7-10)8-11(12(18)19)13(14,15)16/h4-7,11H,3,8H2,1-2H3,(H,18,19). The van der Waals surface area contributed by atoms with E-state index in [9.17, 15) is 18.0 Å². The van der Waals surface area contributed by atoms with Gasteiger partial charge in [-0.15, -0.1) is 0 Å². The van der Waals surface area contributed by atoms with Crippen LogP contribution in [0, 0.1) is 12.8 Å². The third kappa shape index (κ3) is 4.15. The van der Waals surface area contributed by atoms with Crippen molar-refractivity contribution in [1.29, 1.82) is 0 Å². The molecule has 0 aromatic heterocycles. The van der Waals surface area contributed by atoms with Crippen LogP contribution in [0.1, 0.15) is 12.5 Å². The van der Waals surface area contributed by atoms with Gasteiger partial charge in [-0.05, 0) is 26.0 Å². The predicted molar refractivity (Wildman–Crippen MR) is 66.2 cm³/mol. The van der Waals surface area contributed by atoms with Crippen LogP contribution in [-0.2, 0) is 4.79 Å². The highest BCUT2D eigenvalue weighted by atomic mass is 19.4. The Bertz CT molecular complexity index is 429. The maximum atomic E-state index is 12.6. The van der Waals surface area contributed by atoms with Gasteiger partial charge in [0.05, 0.1) is 0 Å². The summed E-state index contributed by atoms with van der Waals surface area (Å²) in [4.78, 5) is 12.1. The summed E-state index contributed by atoms with van der Waals surface area (Å²) >= 11 is 0. The van der Waals surface area contributed by atoms with Crippen LogP contribution >= 0.6 is 0 Å². The van der Waals surface area contributed by atoms with Crippen LogP contribution in [0.15, 0.2) is 24.3 Å². The molecule has 0 fully saturated rings. The maximum absolute atomic E-state index is 12.6. The molecule has 3 nitrogen and oxygen atoms in total. The highest BCUT2D eigenvalue weighted by Gasteiger charge is 2.45. The van der Waals surface area contributed by atoms with Gasteiger partial charge in [0.2, 0.25) is 0 Å². The molecular weight excluding hydrogens is 259 g/mol. The van der Waals surface area contributed by atoms with Crippen LogP contribution in [0.4, 0.5) is 18.9 Å². The summed E-state index contributed by atoms with van der Waals surface area (Å²) < 4.78 is 37.9. The number of carboxylic acid groups (broad SMARTS) is 1. The number of alkyl halides is 3. The van der Waals surface area contributed by atoms with E-state index in [1.54, 1.807) is 31.2 Å². The number of anilines is 1. The van der Waals surface area contributed by atoms with Crippen molar-refractivity contribution in [2.24, 2.45) is 5.92 Å². The zero-order valence-corrected chi connectivity index (χ0v) is 10.7. The summed E-state index contributed by atoms with van der Waals surface area (Å²) in [5.74, 6) is -4.23. The van der Waals surface area contributed by atoms with Crippen molar-refractivity contribution in [2.75, 3.05) is 18.0 Å². The summed E-state index contributed by atoms with van der Waals surface area (Å²) in [6, 6.07) is 6.94. The van der Waals surface area contributed by atoms with Crippen LogP contribution in [0.5, 0.6) is 0 Å². The summed E-state index contributed by atoms with van der Waals surface area (Å²) in [6.07, 6.45) is -4.75. The normalized spacial score (nSPS) is 13.1. The van der Waals surface area contributed by atoms with Crippen molar-refractivity contribution >= 4 is 11.7 Å². The fraction of sp³-hybridized carbons (Fsp3) is 0.462. The van der Waals surface area contributed by atoms with E-state index in [2.05, 4.69) is 0 Å².